The third-order valence-electron chi connectivity index (χ3n) is 4.63. The van der Waals surface area contributed by atoms with Gasteiger partial charge in [-0.2, -0.15) is 0 Å². The molecule has 1 aromatic carbocycles. The Kier molecular flexibility index (Phi) is 2.91. The molecule has 0 saturated heterocycles. The molecule has 21 heavy (non-hydrogen) atoms. The average molecular weight is 284 g/mol. The standard InChI is InChI=1S/C17H20N2O2/c1-2-4-17(5-6-17)10-19-16-13-9-15-14(20-11-21-15)8-12(13)3-7-18-16/h3,7-9H,2,4-6,10-11H2,1H3,(H,18,19). The summed E-state index contributed by atoms with van der Waals surface area (Å²) in [6.07, 6.45) is 7.09. The minimum Gasteiger partial charge on any atom is -0.454 e. The maximum Gasteiger partial charge on any atom is 0.231 e. The van der Waals surface area contributed by atoms with Gasteiger partial charge in [-0.15, -0.1) is 0 Å². The van der Waals surface area contributed by atoms with Crippen molar-refractivity contribution >= 4 is 16.6 Å². The molecule has 2 heterocycles. The Morgan fingerprint density at radius 3 is 2.81 bits per heavy atom. The zero-order valence-corrected chi connectivity index (χ0v) is 12.3. The van der Waals surface area contributed by atoms with Crippen molar-refractivity contribution in [2.75, 3.05) is 18.7 Å². The summed E-state index contributed by atoms with van der Waals surface area (Å²) in [5.41, 5.74) is 0.509. The molecule has 1 aliphatic heterocycles. The summed E-state index contributed by atoms with van der Waals surface area (Å²) in [4.78, 5) is 4.52. The van der Waals surface area contributed by atoms with Crippen LogP contribution >= 0.6 is 0 Å². The normalized spacial score (nSPS) is 18.0. The Labute approximate surface area is 124 Å². The van der Waals surface area contributed by atoms with Crippen LogP contribution in [0.4, 0.5) is 5.82 Å². The van der Waals surface area contributed by atoms with Gasteiger partial charge in [-0.1, -0.05) is 13.3 Å². The molecule has 0 spiro atoms. The first kappa shape index (κ1) is 12.7. The Morgan fingerprint density at radius 2 is 2.05 bits per heavy atom. The van der Waals surface area contributed by atoms with Crippen LogP contribution in [-0.2, 0) is 0 Å². The third kappa shape index (κ3) is 2.28. The first-order valence-corrected chi connectivity index (χ1v) is 7.72. The molecule has 1 aromatic heterocycles. The zero-order valence-electron chi connectivity index (χ0n) is 12.3. The summed E-state index contributed by atoms with van der Waals surface area (Å²) in [7, 11) is 0. The molecule has 0 unspecified atom stereocenters. The lowest BCUT2D eigenvalue weighted by atomic mass is 10.0. The molecule has 1 N–H and O–H groups in total. The molecule has 0 bridgehead atoms. The molecule has 2 aliphatic rings. The maximum atomic E-state index is 5.48. The van der Waals surface area contributed by atoms with Crippen molar-refractivity contribution in [1.29, 1.82) is 0 Å². The molecule has 4 rings (SSSR count). The summed E-state index contributed by atoms with van der Waals surface area (Å²) in [6, 6.07) is 6.08. The fourth-order valence-electron chi connectivity index (χ4n) is 3.20. The summed E-state index contributed by atoms with van der Waals surface area (Å²) in [5, 5.41) is 5.80. The average Bonchev–Trinajstić information content (AvgIpc) is 3.11. The fourth-order valence-corrected chi connectivity index (χ4v) is 3.20. The number of rotatable bonds is 5. The number of aromatic nitrogens is 1. The van der Waals surface area contributed by atoms with Gasteiger partial charge in [0.25, 0.3) is 0 Å². The lowest BCUT2D eigenvalue weighted by molar-refractivity contribution is 0.174. The maximum absolute atomic E-state index is 5.48. The second-order valence-electron chi connectivity index (χ2n) is 6.19. The van der Waals surface area contributed by atoms with Crippen LogP contribution in [0.15, 0.2) is 24.4 Å². The van der Waals surface area contributed by atoms with E-state index in [4.69, 9.17) is 9.47 Å². The Hall–Kier alpha value is -1.97. The molecule has 4 heteroatoms. The van der Waals surface area contributed by atoms with Crippen LogP contribution < -0.4 is 14.8 Å². The smallest absolute Gasteiger partial charge is 0.231 e. The van der Waals surface area contributed by atoms with E-state index in [0.29, 0.717) is 12.2 Å². The van der Waals surface area contributed by atoms with Crippen LogP contribution in [0.2, 0.25) is 0 Å². The highest BCUT2D eigenvalue weighted by Gasteiger charge is 2.41. The number of pyridine rings is 1. The van der Waals surface area contributed by atoms with Gasteiger partial charge in [0, 0.05) is 18.1 Å². The summed E-state index contributed by atoms with van der Waals surface area (Å²) >= 11 is 0. The van der Waals surface area contributed by atoms with Gasteiger partial charge >= 0.3 is 0 Å². The van der Waals surface area contributed by atoms with E-state index in [1.54, 1.807) is 0 Å². The second-order valence-corrected chi connectivity index (χ2v) is 6.19. The predicted octanol–water partition coefficient (Wildman–Crippen LogP) is 3.96. The first-order valence-electron chi connectivity index (χ1n) is 7.72. The van der Waals surface area contributed by atoms with E-state index >= 15 is 0 Å². The van der Waals surface area contributed by atoms with Crippen LogP contribution in [-0.4, -0.2) is 18.3 Å². The quantitative estimate of drug-likeness (QED) is 0.902. The number of nitrogens with one attached hydrogen (secondary N) is 1. The number of hydrogen-bond acceptors (Lipinski definition) is 4. The van der Waals surface area contributed by atoms with Gasteiger partial charge in [-0.05, 0) is 48.3 Å². The van der Waals surface area contributed by atoms with Gasteiger partial charge in [-0.3, -0.25) is 0 Å². The van der Waals surface area contributed by atoms with E-state index in [9.17, 15) is 0 Å². The van der Waals surface area contributed by atoms with E-state index in [1.165, 1.54) is 25.7 Å². The molecular formula is C17H20N2O2. The number of benzene rings is 1. The van der Waals surface area contributed by atoms with Crippen LogP contribution in [0.3, 0.4) is 0 Å². The number of hydrogen-bond donors (Lipinski definition) is 1. The molecule has 0 atom stereocenters. The SMILES string of the molecule is CCCC1(CNc2nccc3cc4c(cc23)OCO4)CC1. The zero-order chi connectivity index (χ0) is 14.3. The second kappa shape index (κ2) is 4.79. The highest BCUT2D eigenvalue weighted by atomic mass is 16.7. The highest BCUT2D eigenvalue weighted by Crippen LogP contribution is 2.49. The van der Waals surface area contributed by atoms with Crippen molar-refractivity contribution in [3.8, 4) is 11.5 Å². The monoisotopic (exact) mass is 284 g/mol. The van der Waals surface area contributed by atoms with E-state index in [2.05, 4.69) is 17.2 Å². The number of ether oxygens (including phenoxy) is 2. The van der Waals surface area contributed by atoms with Gasteiger partial charge in [0.2, 0.25) is 6.79 Å². The summed E-state index contributed by atoms with van der Waals surface area (Å²) < 4.78 is 10.9. The summed E-state index contributed by atoms with van der Waals surface area (Å²) in [6.45, 7) is 3.58. The van der Waals surface area contributed by atoms with Crippen molar-refractivity contribution in [2.24, 2.45) is 5.41 Å². The van der Waals surface area contributed by atoms with Crippen molar-refractivity contribution in [3.63, 3.8) is 0 Å². The number of nitrogens with zero attached hydrogens (tertiary/aromatic N) is 1. The van der Waals surface area contributed by atoms with Crippen LogP contribution in [0, 0.1) is 5.41 Å². The van der Waals surface area contributed by atoms with Gasteiger partial charge in [0.15, 0.2) is 11.5 Å². The Balaban J connectivity index is 1.63. The van der Waals surface area contributed by atoms with Crippen LogP contribution in [0.5, 0.6) is 11.5 Å². The van der Waals surface area contributed by atoms with Crippen molar-refractivity contribution in [2.45, 2.75) is 32.6 Å². The molecule has 1 fully saturated rings. The van der Waals surface area contributed by atoms with E-state index in [-0.39, 0.29) is 0 Å². The van der Waals surface area contributed by atoms with Crippen molar-refractivity contribution in [1.82, 2.24) is 4.98 Å². The van der Waals surface area contributed by atoms with Gasteiger partial charge in [-0.25, -0.2) is 4.98 Å². The van der Waals surface area contributed by atoms with Crippen molar-refractivity contribution in [3.05, 3.63) is 24.4 Å². The van der Waals surface area contributed by atoms with E-state index in [0.717, 1.165) is 34.6 Å². The molecule has 2 aromatic rings. The minimum absolute atomic E-state index is 0.307. The van der Waals surface area contributed by atoms with Crippen molar-refractivity contribution < 1.29 is 9.47 Å². The number of anilines is 1. The Morgan fingerprint density at radius 1 is 1.24 bits per heavy atom. The highest BCUT2D eigenvalue weighted by molar-refractivity contribution is 5.94. The molecular weight excluding hydrogens is 264 g/mol. The molecule has 1 saturated carbocycles. The van der Waals surface area contributed by atoms with E-state index in [1.807, 2.05) is 24.4 Å². The topological polar surface area (TPSA) is 43.4 Å². The van der Waals surface area contributed by atoms with E-state index < -0.39 is 0 Å². The molecule has 0 radical (unpaired) electrons. The fraction of sp³-hybridized carbons (Fsp3) is 0.471. The molecule has 4 nitrogen and oxygen atoms in total. The predicted molar refractivity (Wildman–Crippen MR) is 82.9 cm³/mol. The molecule has 0 amide bonds. The largest absolute Gasteiger partial charge is 0.454 e. The summed E-state index contributed by atoms with van der Waals surface area (Å²) in [5.74, 6) is 2.59. The first-order chi connectivity index (χ1) is 10.3. The van der Waals surface area contributed by atoms with Gasteiger partial charge in [0.1, 0.15) is 5.82 Å². The molecule has 110 valence electrons. The van der Waals surface area contributed by atoms with Gasteiger partial charge in [0.05, 0.1) is 0 Å². The van der Waals surface area contributed by atoms with Crippen LogP contribution in [0.1, 0.15) is 32.6 Å². The number of fused-ring (bicyclic) bond motifs is 2. The lowest BCUT2D eigenvalue weighted by Crippen LogP contribution is -2.16. The van der Waals surface area contributed by atoms with Gasteiger partial charge < -0.3 is 14.8 Å². The van der Waals surface area contributed by atoms with Crippen LogP contribution in [0.25, 0.3) is 10.8 Å². The molecule has 1 aliphatic carbocycles. The lowest BCUT2D eigenvalue weighted by Gasteiger charge is -2.16. The third-order valence-corrected chi connectivity index (χ3v) is 4.63. The Bertz CT molecular complexity index is 680. The minimum atomic E-state index is 0.307.